The minimum absolute atomic E-state index is 0.0321. The summed E-state index contributed by atoms with van der Waals surface area (Å²) in [4.78, 5) is 28.0. The minimum atomic E-state index is -0.0321. The summed E-state index contributed by atoms with van der Waals surface area (Å²) in [5.41, 5.74) is 4.77. The van der Waals surface area contributed by atoms with Crippen LogP contribution in [0.15, 0.2) is 48.8 Å². The number of anilines is 1. The van der Waals surface area contributed by atoms with Crippen LogP contribution in [0.3, 0.4) is 0 Å². The molecule has 1 aromatic carbocycles. The molecule has 2 aromatic heterocycles. The van der Waals surface area contributed by atoms with E-state index in [2.05, 4.69) is 39.6 Å². The van der Waals surface area contributed by atoms with Gasteiger partial charge in [0.2, 0.25) is 5.95 Å². The molecule has 7 nitrogen and oxygen atoms in total. The van der Waals surface area contributed by atoms with E-state index in [9.17, 15) is 4.79 Å². The zero-order valence-corrected chi connectivity index (χ0v) is 18.1. The molecule has 1 aliphatic heterocycles. The molecular weight excluding hydrogens is 390 g/mol. The molecule has 0 saturated carbocycles. The summed E-state index contributed by atoms with van der Waals surface area (Å²) in [6, 6.07) is 12.3. The van der Waals surface area contributed by atoms with Crippen LogP contribution in [0.25, 0.3) is 11.1 Å². The van der Waals surface area contributed by atoms with Crippen molar-refractivity contribution < 1.29 is 9.53 Å². The summed E-state index contributed by atoms with van der Waals surface area (Å²) in [6.45, 7) is 3.40. The highest BCUT2D eigenvalue weighted by Crippen LogP contribution is 2.30. The van der Waals surface area contributed by atoms with Crippen molar-refractivity contribution in [1.29, 1.82) is 0 Å². The van der Waals surface area contributed by atoms with Crippen LogP contribution in [-0.2, 0) is 0 Å². The number of benzene rings is 1. The van der Waals surface area contributed by atoms with Gasteiger partial charge in [-0.25, -0.2) is 9.97 Å². The molecule has 3 aromatic rings. The van der Waals surface area contributed by atoms with Gasteiger partial charge in [-0.15, -0.1) is 0 Å². The molecule has 3 heterocycles. The summed E-state index contributed by atoms with van der Waals surface area (Å²) in [5.74, 6) is 1.51. The summed E-state index contributed by atoms with van der Waals surface area (Å²) in [5, 5.41) is 2.87. The number of methoxy groups -OCH3 is 1. The third kappa shape index (κ3) is 4.66. The highest BCUT2D eigenvalue weighted by atomic mass is 16.5. The Morgan fingerprint density at radius 2 is 1.87 bits per heavy atom. The zero-order chi connectivity index (χ0) is 21.8. The van der Waals surface area contributed by atoms with Crippen molar-refractivity contribution in [1.82, 2.24) is 19.9 Å². The third-order valence-corrected chi connectivity index (χ3v) is 5.65. The lowest BCUT2D eigenvalue weighted by atomic mass is 9.92. The number of aromatic nitrogens is 3. The summed E-state index contributed by atoms with van der Waals surface area (Å²) in [6.07, 6.45) is 5.12. The minimum Gasteiger partial charge on any atom is -0.497 e. The number of likely N-dealkylation sites (tertiary alicyclic amines) is 1. The van der Waals surface area contributed by atoms with Gasteiger partial charge in [0.25, 0.3) is 5.91 Å². The molecule has 4 rings (SSSR count). The standard InChI is InChI=1S/C24H27N5O2/c1-16-11-19(17-6-8-21(31-3)9-7-17)12-22(28-16)18-5-4-10-29(15-18)23(30)20-13-26-24(25-2)27-14-20/h6-9,11-14,18H,4-5,10,15H2,1-3H3,(H,25,26,27). The number of carbonyl (C=O) groups is 1. The quantitative estimate of drug-likeness (QED) is 0.678. The van der Waals surface area contributed by atoms with Crippen molar-refractivity contribution in [3.8, 4) is 16.9 Å². The Morgan fingerprint density at radius 1 is 1.13 bits per heavy atom. The fourth-order valence-electron chi connectivity index (χ4n) is 4.01. The average molecular weight is 418 g/mol. The van der Waals surface area contributed by atoms with Crippen molar-refractivity contribution in [2.75, 3.05) is 32.6 Å². The largest absolute Gasteiger partial charge is 0.497 e. The molecule has 1 atom stereocenters. The van der Waals surface area contributed by atoms with Crippen molar-refractivity contribution in [2.24, 2.45) is 0 Å². The predicted molar refractivity (Wildman–Crippen MR) is 120 cm³/mol. The molecule has 1 aliphatic rings. The highest BCUT2D eigenvalue weighted by Gasteiger charge is 2.27. The van der Waals surface area contributed by atoms with Crippen LogP contribution < -0.4 is 10.1 Å². The van der Waals surface area contributed by atoms with Crippen molar-refractivity contribution >= 4 is 11.9 Å². The van der Waals surface area contributed by atoms with E-state index in [4.69, 9.17) is 9.72 Å². The lowest BCUT2D eigenvalue weighted by Crippen LogP contribution is -2.39. The Hall–Kier alpha value is -3.48. The number of ether oxygens (including phenoxy) is 1. The summed E-state index contributed by atoms with van der Waals surface area (Å²) in [7, 11) is 3.42. The molecule has 31 heavy (non-hydrogen) atoms. The molecule has 0 bridgehead atoms. The first kappa shape index (κ1) is 20.8. The number of hydrogen-bond acceptors (Lipinski definition) is 6. The van der Waals surface area contributed by atoms with E-state index in [0.29, 0.717) is 18.1 Å². The topological polar surface area (TPSA) is 80.2 Å². The van der Waals surface area contributed by atoms with Crippen LogP contribution in [-0.4, -0.2) is 53.0 Å². The van der Waals surface area contributed by atoms with Gasteiger partial charge < -0.3 is 15.0 Å². The third-order valence-electron chi connectivity index (χ3n) is 5.65. The number of hydrogen-bond donors (Lipinski definition) is 1. The van der Waals surface area contributed by atoms with E-state index in [0.717, 1.165) is 47.7 Å². The van der Waals surface area contributed by atoms with Gasteiger partial charge in [0, 0.05) is 49.8 Å². The zero-order valence-electron chi connectivity index (χ0n) is 18.1. The maximum atomic E-state index is 13.0. The normalized spacial score (nSPS) is 16.1. The lowest BCUT2D eigenvalue weighted by molar-refractivity contribution is 0.0705. The fraction of sp³-hybridized carbons (Fsp3) is 0.333. The number of rotatable bonds is 5. The molecule has 0 aliphatic carbocycles. The van der Waals surface area contributed by atoms with E-state index in [1.165, 1.54) is 0 Å². The average Bonchev–Trinajstić information content (AvgIpc) is 2.83. The van der Waals surface area contributed by atoms with Crippen LogP contribution in [0.2, 0.25) is 0 Å². The molecule has 7 heteroatoms. The molecule has 160 valence electrons. The predicted octanol–water partition coefficient (Wildman–Crippen LogP) is 3.92. The number of pyridine rings is 1. The van der Waals surface area contributed by atoms with E-state index in [1.807, 2.05) is 24.0 Å². The van der Waals surface area contributed by atoms with E-state index in [-0.39, 0.29) is 11.8 Å². The van der Waals surface area contributed by atoms with Crippen molar-refractivity contribution in [3.05, 3.63) is 65.7 Å². The van der Waals surface area contributed by atoms with Crippen LogP contribution in [0.1, 0.15) is 40.5 Å². The molecule has 1 N–H and O–H groups in total. The maximum Gasteiger partial charge on any atom is 0.257 e. The Labute approximate surface area is 182 Å². The second kappa shape index (κ2) is 9.12. The lowest BCUT2D eigenvalue weighted by Gasteiger charge is -2.32. The number of carbonyl (C=O) groups excluding carboxylic acids is 1. The highest BCUT2D eigenvalue weighted by molar-refractivity contribution is 5.93. The Balaban J connectivity index is 1.54. The molecule has 1 fully saturated rings. The van der Waals surface area contributed by atoms with Gasteiger partial charge in [0.05, 0.1) is 12.7 Å². The number of aryl methyl sites for hydroxylation is 1. The second-order valence-electron chi connectivity index (χ2n) is 7.79. The van der Waals surface area contributed by atoms with Gasteiger partial charge in [0.15, 0.2) is 0 Å². The van der Waals surface area contributed by atoms with Crippen molar-refractivity contribution in [3.63, 3.8) is 0 Å². The van der Waals surface area contributed by atoms with Crippen LogP contribution in [0.4, 0.5) is 5.95 Å². The van der Waals surface area contributed by atoms with Crippen LogP contribution >= 0.6 is 0 Å². The smallest absolute Gasteiger partial charge is 0.257 e. The molecule has 1 amide bonds. The molecule has 1 saturated heterocycles. The van der Waals surface area contributed by atoms with Gasteiger partial charge in [-0.05, 0) is 55.2 Å². The Bertz CT molecular complexity index is 1050. The SMILES string of the molecule is CNc1ncc(C(=O)N2CCCC(c3cc(-c4ccc(OC)cc4)cc(C)n3)C2)cn1. The number of nitrogens with zero attached hydrogens (tertiary/aromatic N) is 4. The summed E-state index contributed by atoms with van der Waals surface area (Å²) >= 11 is 0. The molecule has 1 unspecified atom stereocenters. The van der Waals surface area contributed by atoms with E-state index >= 15 is 0 Å². The van der Waals surface area contributed by atoms with Gasteiger partial charge in [-0.3, -0.25) is 9.78 Å². The molecular formula is C24H27N5O2. The Morgan fingerprint density at radius 3 is 2.55 bits per heavy atom. The van der Waals surface area contributed by atoms with Gasteiger partial charge >= 0.3 is 0 Å². The van der Waals surface area contributed by atoms with Crippen LogP contribution in [0.5, 0.6) is 5.75 Å². The number of piperidine rings is 1. The number of amides is 1. The first-order chi connectivity index (χ1) is 15.1. The number of nitrogens with one attached hydrogen (secondary N) is 1. The maximum absolute atomic E-state index is 13.0. The Kier molecular flexibility index (Phi) is 6.11. The van der Waals surface area contributed by atoms with Crippen molar-refractivity contribution in [2.45, 2.75) is 25.7 Å². The van der Waals surface area contributed by atoms with Crippen LogP contribution in [0, 0.1) is 6.92 Å². The van der Waals surface area contributed by atoms with E-state index in [1.54, 1.807) is 26.6 Å². The van der Waals surface area contributed by atoms with Gasteiger partial charge in [0.1, 0.15) is 5.75 Å². The fourth-order valence-corrected chi connectivity index (χ4v) is 4.01. The summed E-state index contributed by atoms with van der Waals surface area (Å²) < 4.78 is 5.27. The molecule has 0 radical (unpaired) electrons. The molecule has 0 spiro atoms. The first-order valence-electron chi connectivity index (χ1n) is 10.5. The second-order valence-corrected chi connectivity index (χ2v) is 7.79. The van der Waals surface area contributed by atoms with Gasteiger partial charge in [-0.1, -0.05) is 12.1 Å². The monoisotopic (exact) mass is 417 g/mol. The van der Waals surface area contributed by atoms with Gasteiger partial charge in [-0.2, -0.15) is 0 Å². The van der Waals surface area contributed by atoms with E-state index < -0.39 is 0 Å². The first-order valence-corrected chi connectivity index (χ1v) is 10.5.